The zero-order valence-electron chi connectivity index (χ0n) is 10.9. The van der Waals surface area contributed by atoms with E-state index in [0.717, 1.165) is 19.8 Å². The van der Waals surface area contributed by atoms with E-state index < -0.39 is 10.0 Å². The summed E-state index contributed by atoms with van der Waals surface area (Å²) in [6.45, 7) is 2.24. The molecule has 0 unspecified atom stereocenters. The summed E-state index contributed by atoms with van der Waals surface area (Å²) >= 11 is 12.0. The Morgan fingerprint density at radius 2 is 2.10 bits per heavy atom. The molecule has 0 aliphatic heterocycles. The molecule has 0 amide bonds. The predicted molar refractivity (Wildman–Crippen MR) is 89.3 cm³/mol. The molecule has 0 spiro atoms. The van der Waals surface area contributed by atoms with Crippen LogP contribution in [0.25, 0.3) is 0 Å². The van der Waals surface area contributed by atoms with Gasteiger partial charge < -0.3 is 0 Å². The third-order valence-electron chi connectivity index (χ3n) is 2.81. The first-order valence-corrected chi connectivity index (χ1v) is 10.2. The third-order valence-corrected chi connectivity index (χ3v) is 8.28. The Labute approximate surface area is 140 Å². The van der Waals surface area contributed by atoms with E-state index in [-0.39, 0.29) is 0 Å². The topological polar surface area (TPSA) is 37.4 Å². The first-order chi connectivity index (χ1) is 9.34. The molecule has 8 heteroatoms. The van der Waals surface area contributed by atoms with E-state index in [1.807, 2.05) is 18.4 Å². The van der Waals surface area contributed by atoms with E-state index in [2.05, 4.69) is 15.9 Å². The van der Waals surface area contributed by atoms with Crippen molar-refractivity contribution < 1.29 is 8.42 Å². The van der Waals surface area contributed by atoms with Crippen LogP contribution in [0, 0.1) is 6.92 Å². The van der Waals surface area contributed by atoms with Crippen LogP contribution in [-0.2, 0) is 22.4 Å². The van der Waals surface area contributed by atoms with E-state index in [1.165, 1.54) is 15.6 Å². The lowest BCUT2D eigenvalue weighted by atomic mass is 10.3. The Balaban J connectivity index is 2.24. The van der Waals surface area contributed by atoms with Crippen LogP contribution in [-0.4, -0.2) is 19.8 Å². The SMILES string of the molecule is Cc1cc(S(=O)(=O)N(C)Cc2csc(Br)c2)sc1CCl. The van der Waals surface area contributed by atoms with Gasteiger partial charge in [0.2, 0.25) is 0 Å². The van der Waals surface area contributed by atoms with Crippen molar-refractivity contribution in [1.82, 2.24) is 4.31 Å². The van der Waals surface area contributed by atoms with Gasteiger partial charge in [0.25, 0.3) is 10.0 Å². The standard InChI is InChI=1S/C12H13BrClNO2S3/c1-8-3-12(19-10(8)5-14)20(16,17)15(2)6-9-4-11(13)18-7-9/h3-4,7H,5-6H2,1-2H3. The van der Waals surface area contributed by atoms with E-state index >= 15 is 0 Å². The summed E-state index contributed by atoms with van der Waals surface area (Å²) in [5, 5.41) is 1.94. The van der Waals surface area contributed by atoms with Crippen LogP contribution < -0.4 is 0 Å². The highest BCUT2D eigenvalue weighted by Crippen LogP contribution is 2.30. The zero-order chi connectivity index (χ0) is 14.9. The molecule has 0 N–H and O–H groups in total. The van der Waals surface area contributed by atoms with Crippen molar-refractivity contribution in [3.05, 3.63) is 37.3 Å². The van der Waals surface area contributed by atoms with Gasteiger partial charge in [0.1, 0.15) is 4.21 Å². The number of alkyl halides is 1. The van der Waals surface area contributed by atoms with Crippen LogP contribution in [0.5, 0.6) is 0 Å². The highest BCUT2D eigenvalue weighted by molar-refractivity contribution is 9.11. The number of rotatable bonds is 5. The van der Waals surface area contributed by atoms with Crippen molar-refractivity contribution in [3.63, 3.8) is 0 Å². The van der Waals surface area contributed by atoms with Gasteiger partial charge in [0, 0.05) is 18.5 Å². The molecule has 0 aromatic carbocycles. The lowest BCUT2D eigenvalue weighted by Gasteiger charge is -2.15. The van der Waals surface area contributed by atoms with E-state index in [0.29, 0.717) is 16.6 Å². The number of thiophene rings is 2. The lowest BCUT2D eigenvalue weighted by molar-refractivity contribution is 0.469. The minimum Gasteiger partial charge on any atom is -0.206 e. The number of halogens is 2. The number of hydrogen-bond donors (Lipinski definition) is 0. The fourth-order valence-electron chi connectivity index (χ4n) is 1.67. The Kier molecular flexibility index (Phi) is 5.31. The average Bonchev–Trinajstić information content (AvgIpc) is 2.95. The minimum atomic E-state index is -3.46. The normalized spacial score (nSPS) is 12.2. The highest BCUT2D eigenvalue weighted by Gasteiger charge is 2.24. The number of aryl methyl sites for hydroxylation is 1. The van der Waals surface area contributed by atoms with Crippen molar-refractivity contribution in [2.24, 2.45) is 0 Å². The maximum absolute atomic E-state index is 12.5. The second-order valence-electron chi connectivity index (χ2n) is 4.33. The van der Waals surface area contributed by atoms with Crippen molar-refractivity contribution in [1.29, 1.82) is 0 Å². The quantitative estimate of drug-likeness (QED) is 0.678. The number of sulfonamides is 1. The third kappa shape index (κ3) is 3.45. The fourth-order valence-corrected chi connectivity index (χ4v) is 6.06. The molecule has 20 heavy (non-hydrogen) atoms. The van der Waals surface area contributed by atoms with Crippen LogP contribution in [0.3, 0.4) is 0 Å². The molecular formula is C12H13BrClNO2S3. The van der Waals surface area contributed by atoms with Gasteiger partial charge in [-0.15, -0.1) is 34.3 Å². The molecule has 2 heterocycles. The summed E-state index contributed by atoms with van der Waals surface area (Å²) in [6, 6.07) is 3.62. The molecule has 0 radical (unpaired) electrons. The largest absolute Gasteiger partial charge is 0.252 e. The lowest BCUT2D eigenvalue weighted by Crippen LogP contribution is -2.25. The van der Waals surface area contributed by atoms with Gasteiger partial charge in [-0.3, -0.25) is 0 Å². The van der Waals surface area contributed by atoms with Gasteiger partial charge in [-0.2, -0.15) is 4.31 Å². The Morgan fingerprint density at radius 3 is 2.60 bits per heavy atom. The molecule has 0 atom stereocenters. The van der Waals surface area contributed by atoms with Gasteiger partial charge >= 0.3 is 0 Å². The summed E-state index contributed by atoms with van der Waals surface area (Å²) in [5.41, 5.74) is 1.90. The van der Waals surface area contributed by atoms with Crippen molar-refractivity contribution in [2.45, 2.75) is 23.6 Å². The summed E-state index contributed by atoms with van der Waals surface area (Å²) in [7, 11) is -1.86. The van der Waals surface area contributed by atoms with Gasteiger partial charge in [-0.1, -0.05) is 0 Å². The first-order valence-electron chi connectivity index (χ1n) is 5.69. The molecule has 0 aliphatic rings. The molecule has 110 valence electrons. The monoisotopic (exact) mass is 413 g/mol. The van der Waals surface area contributed by atoms with Gasteiger partial charge in [-0.05, 0) is 51.5 Å². The Hall–Kier alpha value is 0.0800. The zero-order valence-corrected chi connectivity index (χ0v) is 15.7. The Morgan fingerprint density at radius 1 is 1.40 bits per heavy atom. The van der Waals surface area contributed by atoms with Crippen molar-refractivity contribution in [3.8, 4) is 0 Å². The highest BCUT2D eigenvalue weighted by atomic mass is 79.9. The fraction of sp³-hybridized carbons (Fsp3) is 0.333. The van der Waals surface area contributed by atoms with Crippen molar-refractivity contribution in [2.75, 3.05) is 7.05 Å². The number of nitrogens with zero attached hydrogens (tertiary/aromatic N) is 1. The minimum absolute atomic E-state index is 0.340. The average molecular weight is 415 g/mol. The molecule has 0 bridgehead atoms. The van der Waals surface area contributed by atoms with Gasteiger partial charge in [0.05, 0.1) is 9.67 Å². The maximum Gasteiger partial charge on any atom is 0.252 e. The molecule has 2 rings (SSSR count). The number of hydrogen-bond acceptors (Lipinski definition) is 4. The van der Waals surface area contributed by atoms with Crippen LogP contribution in [0.15, 0.2) is 25.5 Å². The Bertz CT molecular complexity index is 708. The second-order valence-corrected chi connectivity index (χ2v) is 10.3. The van der Waals surface area contributed by atoms with Crippen LogP contribution in [0.1, 0.15) is 16.0 Å². The van der Waals surface area contributed by atoms with Crippen LogP contribution >= 0.6 is 50.2 Å². The first kappa shape index (κ1) is 16.5. The maximum atomic E-state index is 12.5. The predicted octanol–water partition coefficient (Wildman–Crippen LogP) is 4.44. The summed E-state index contributed by atoms with van der Waals surface area (Å²) in [4.78, 5) is 0.900. The molecule has 2 aromatic heterocycles. The molecule has 0 aliphatic carbocycles. The van der Waals surface area contributed by atoms with E-state index in [1.54, 1.807) is 24.5 Å². The molecule has 0 fully saturated rings. The van der Waals surface area contributed by atoms with E-state index in [4.69, 9.17) is 11.6 Å². The molecule has 0 saturated carbocycles. The molecule has 0 saturated heterocycles. The summed E-state index contributed by atoms with van der Waals surface area (Å²) in [5.74, 6) is 0.340. The van der Waals surface area contributed by atoms with Crippen LogP contribution in [0.2, 0.25) is 0 Å². The van der Waals surface area contributed by atoms with Crippen LogP contribution in [0.4, 0.5) is 0 Å². The van der Waals surface area contributed by atoms with Gasteiger partial charge in [0.15, 0.2) is 0 Å². The van der Waals surface area contributed by atoms with Crippen molar-refractivity contribution >= 4 is 60.2 Å². The molecular weight excluding hydrogens is 402 g/mol. The molecule has 3 nitrogen and oxygen atoms in total. The molecule has 2 aromatic rings. The van der Waals surface area contributed by atoms with Gasteiger partial charge in [-0.25, -0.2) is 8.42 Å². The smallest absolute Gasteiger partial charge is 0.206 e. The summed E-state index contributed by atoms with van der Waals surface area (Å²) < 4.78 is 27.7. The summed E-state index contributed by atoms with van der Waals surface area (Å²) in [6.07, 6.45) is 0. The second kappa shape index (κ2) is 6.46. The van der Waals surface area contributed by atoms with E-state index in [9.17, 15) is 8.42 Å².